The monoisotopic (exact) mass is 373 g/mol. The molecule has 2 heterocycles. The van der Waals surface area contributed by atoms with Crippen LogP contribution in [0.1, 0.15) is 39.6 Å². The minimum absolute atomic E-state index is 0.232. The van der Waals surface area contributed by atoms with E-state index in [-0.39, 0.29) is 5.13 Å². The summed E-state index contributed by atoms with van der Waals surface area (Å²) in [6.07, 6.45) is -1.28. The van der Waals surface area contributed by atoms with E-state index in [1.807, 2.05) is 0 Å². The summed E-state index contributed by atoms with van der Waals surface area (Å²) in [6, 6.07) is 1.97. The van der Waals surface area contributed by atoms with Gasteiger partial charge in [-0.15, -0.1) is 11.3 Å². The predicted molar refractivity (Wildman–Crippen MR) is 86.3 cm³/mol. The minimum Gasteiger partial charge on any atom is -0.317 e. The van der Waals surface area contributed by atoms with Crippen molar-refractivity contribution in [2.24, 2.45) is 0 Å². The van der Waals surface area contributed by atoms with Crippen molar-refractivity contribution in [1.82, 2.24) is 10.3 Å². The molecule has 1 aromatic heterocycles. The van der Waals surface area contributed by atoms with E-state index in [2.05, 4.69) is 15.6 Å². The first-order valence-electron chi connectivity index (χ1n) is 7.69. The normalized spacial score (nSPS) is 16.0. The Morgan fingerprint density at radius 1 is 1.28 bits per heavy atom. The van der Waals surface area contributed by atoms with Crippen molar-refractivity contribution in [3.8, 4) is 0 Å². The van der Waals surface area contributed by atoms with Crippen LogP contribution >= 0.6 is 11.3 Å². The van der Waals surface area contributed by atoms with Crippen molar-refractivity contribution in [1.29, 1.82) is 0 Å². The molecule has 1 aliphatic heterocycles. The van der Waals surface area contributed by atoms with Crippen LogP contribution in [0.25, 0.3) is 0 Å². The number of hydrogen-bond donors (Lipinski definition) is 2. The summed E-state index contributed by atoms with van der Waals surface area (Å²) in [5.74, 6) is -1.68. The maximum atomic E-state index is 13.1. The molecule has 1 aliphatic rings. The summed E-state index contributed by atoms with van der Waals surface area (Å²) in [7, 11) is 0. The summed E-state index contributed by atoms with van der Waals surface area (Å²) in [6.45, 7) is 1.80. The molecule has 9 heteroatoms. The fourth-order valence-corrected chi connectivity index (χ4v) is 3.73. The lowest BCUT2D eigenvalue weighted by atomic mass is 9.97. The maximum absolute atomic E-state index is 13.1. The van der Waals surface area contributed by atoms with Gasteiger partial charge in [0.05, 0.1) is 11.1 Å². The lowest BCUT2D eigenvalue weighted by Gasteiger charge is -2.20. The number of carbonyl (C=O) groups excluding carboxylic acids is 1. The second-order valence-electron chi connectivity index (χ2n) is 5.73. The first-order chi connectivity index (χ1) is 11.8. The molecule has 0 atom stereocenters. The van der Waals surface area contributed by atoms with Gasteiger partial charge in [-0.2, -0.15) is 13.2 Å². The molecule has 1 aromatic carbocycles. The van der Waals surface area contributed by atoms with Gasteiger partial charge in [0.2, 0.25) is 0 Å². The van der Waals surface area contributed by atoms with E-state index in [1.54, 1.807) is 6.20 Å². The van der Waals surface area contributed by atoms with Crippen molar-refractivity contribution in [3.63, 3.8) is 0 Å². The van der Waals surface area contributed by atoms with Gasteiger partial charge < -0.3 is 5.32 Å². The number of benzene rings is 1. The molecule has 0 bridgehead atoms. The number of aromatic nitrogens is 1. The second kappa shape index (κ2) is 7.09. The zero-order valence-electron chi connectivity index (χ0n) is 13.0. The van der Waals surface area contributed by atoms with Crippen LogP contribution in [0.5, 0.6) is 0 Å². The SMILES string of the molecule is O=C(Nc1ncc(C2CCNCC2)s1)c1ccc(F)cc1C(F)(F)F. The number of thiazole rings is 1. The molecule has 0 saturated carbocycles. The van der Waals surface area contributed by atoms with Gasteiger partial charge in [-0.05, 0) is 50.0 Å². The highest BCUT2D eigenvalue weighted by atomic mass is 32.1. The fraction of sp³-hybridized carbons (Fsp3) is 0.375. The number of alkyl halides is 3. The summed E-state index contributed by atoms with van der Waals surface area (Å²) < 4.78 is 52.2. The fourth-order valence-electron chi connectivity index (χ4n) is 2.75. The lowest BCUT2D eigenvalue weighted by molar-refractivity contribution is -0.138. The number of amides is 1. The van der Waals surface area contributed by atoms with Gasteiger partial charge in [-0.25, -0.2) is 9.37 Å². The Bertz CT molecular complexity index is 769. The van der Waals surface area contributed by atoms with Crippen LogP contribution in [-0.2, 0) is 6.18 Å². The third-order valence-corrected chi connectivity index (χ3v) is 5.09. The molecule has 2 N–H and O–H groups in total. The number of hydrogen-bond acceptors (Lipinski definition) is 4. The standard InChI is InChI=1S/C16H15F4N3OS/c17-10-1-2-11(12(7-10)16(18,19)20)14(24)23-15-22-8-13(25-15)9-3-5-21-6-4-9/h1-2,7-9,21H,3-6H2,(H,22,23,24). The number of carbonyl (C=O) groups is 1. The number of nitrogens with zero attached hydrogens (tertiary/aromatic N) is 1. The van der Waals surface area contributed by atoms with Crippen molar-refractivity contribution in [3.05, 3.63) is 46.2 Å². The summed E-state index contributed by atoms with van der Waals surface area (Å²) in [4.78, 5) is 17.3. The predicted octanol–water partition coefficient (Wildman–Crippen LogP) is 4.02. The molecule has 0 radical (unpaired) electrons. The van der Waals surface area contributed by atoms with E-state index in [4.69, 9.17) is 0 Å². The highest BCUT2D eigenvalue weighted by Gasteiger charge is 2.35. The maximum Gasteiger partial charge on any atom is 0.417 e. The molecule has 25 heavy (non-hydrogen) atoms. The van der Waals surface area contributed by atoms with E-state index in [0.29, 0.717) is 12.0 Å². The molecule has 134 valence electrons. The number of halogens is 4. The molecule has 0 spiro atoms. The Kier molecular flexibility index (Phi) is 5.05. The lowest BCUT2D eigenvalue weighted by Crippen LogP contribution is -2.26. The van der Waals surface area contributed by atoms with Gasteiger partial charge in [0.15, 0.2) is 5.13 Å². The largest absolute Gasteiger partial charge is 0.417 e. The van der Waals surface area contributed by atoms with Crippen LogP contribution in [0.2, 0.25) is 0 Å². The zero-order valence-corrected chi connectivity index (χ0v) is 13.8. The van der Waals surface area contributed by atoms with Crippen molar-refractivity contribution in [2.45, 2.75) is 24.9 Å². The molecule has 3 rings (SSSR count). The molecule has 1 amide bonds. The topological polar surface area (TPSA) is 54.0 Å². The average Bonchev–Trinajstić information content (AvgIpc) is 3.03. The Morgan fingerprint density at radius 2 is 2.00 bits per heavy atom. The number of anilines is 1. The molecule has 1 fully saturated rings. The zero-order chi connectivity index (χ0) is 18.0. The molecule has 4 nitrogen and oxygen atoms in total. The molecular weight excluding hydrogens is 358 g/mol. The smallest absolute Gasteiger partial charge is 0.317 e. The van der Waals surface area contributed by atoms with Crippen molar-refractivity contribution in [2.75, 3.05) is 18.4 Å². The van der Waals surface area contributed by atoms with E-state index >= 15 is 0 Å². The third kappa shape index (κ3) is 4.16. The summed E-state index contributed by atoms with van der Waals surface area (Å²) >= 11 is 1.25. The first kappa shape index (κ1) is 17.8. The Labute approximate surface area is 145 Å². The highest BCUT2D eigenvalue weighted by Crippen LogP contribution is 2.34. The van der Waals surface area contributed by atoms with Crippen LogP contribution in [0, 0.1) is 5.82 Å². The Hall–Kier alpha value is -2.00. The van der Waals surface area contributed by atoms with Gasteiger partial charge in [0.1, 0.15) is 5.82 Å². The molecule has 0 unspecified atom stereocenters. The molecular formula is C16H15F4N3OS. The van der Waals surface area contributed by atoms with Gasteiger partial charge in [-0.1, -0.05) is 0 Å². The number of piperidine rings is 1. The second-order valence-corrected chi connectivity index (χ2v) is 6.80. The molecule has 2 aromatic rings. The van der Waals surface area contributed by atoms with Gasteiger partial charge in [0, 0.05) is 11.1 Å². The van der Waals surface area contributed by atoms with Crippen LogP contribution in [0.15, 0.2) is 24.4 Å². The Balaban J connectivity index is 1.78. The minimum atomic E-state index is -4.82. The van der Waals surface area contributed by atoms with E-state index in [1.165, 1.54) is 11.3 Å². The van der Waals surface area contributed by atoms with Crippen molar-refractivity contribution < 1.29 is 22.4 Å². The van der Waals surface area contributed by atoms with Crippen molar-refractivity contribution >= 4 is 22.4 Å². The molecule has 0 aliphatic carbocycles. The first-order valence-corrected chi connectivity index (χ1v) is 8.51. The van der Waals surface area contributed by atoms with Gasteiger partial charge in [-0.3, -0.25) is 10.1 Å². The van der Waals surface area contributed by atoms with E-state index < -0.39 is 29.0 Å². The van der Waals surface area contributed by atoms with E-state index in [9.17, 15) is 22.4 Å². The highest BCUT2D eigenvalue weighted by molar-refractivity contribution is 7.15. The summed E-state index contributed by atoms with van der Waals surface area (Å²) in [5, 5.41) is 5.86. The average molecular weight is 373 g/mol. The van der Waals surface area contributed by atoms with Gasteiger partial charge >= 0.3 is 6.18 Å². The summed E-state index contributed by atoms with van der Waals surface area (Å²) in [5.41, 5.74) is -1.94. The third-order valence-electron chi connectivity index (χ3n) is 4.02. The van der Waals surface area contributed by atoms with Crippen LogP contribution in [0.4, 0.5) is 22.7 Å². The van der Waals surface area contributed by atoms with Gasteiger partial charge in [0.25, 0.3) is 5.91 Å². The number of rotatable bonds is 3. The number of nitrogens with one attached hydrogen (secondary N) is 2. The Morgan fingerprint density at radius 3 is 2.68 bits per heavy atom. The molecule has 1 saturated heterocycles. The quantitative estimate of drug-likeness (QED) is 0.799. The van der Waals surface area contributed by atoms with Crippen LogP contribution in [0.3, 0.4) is 0 Å². The van der Waals surface area contributed by atoms with Crippen LogP contribution in [-0.4, -0.2) is 24.0 Å². The van der Waals surface area contributed by atoms with Crippen LogP contribution < -0.4 is 10.6 Å². The van der Waals surface area contributed by atoms with E-state index in [0.717, 1.165) is 42.9 Å².